The molecule has 7 heteroatoms. The van der Waals surface area contributed by atoms with Gasteiger partial charge in [0.05, 0.1) is 36.9 Å². The highest BCUT2D eigenvalue weighted by atomic mass is 35.5. The summed E-state index contributed by atoms with van der Waals surface area (Å²) in [5.74, 6) is -0.387. The maximum absolute atomic E-state index is 14.1. The van der Waals surface area contributed by atoms with Gasteiger partial charge in [0, 0.05) is 24.2 Å². The third kappa shape index (κ3) is 4.33. The number of hydrogen-bond acceptors (Lipinski definition) is 3. The van der Waals surface area contributed by atoms with Crippen LogP contribution in [0, 0.1) is 12.7 Å². The summed E-state index contributed by atoms with van der Waals surface area (Å²) in [6.07, 6.45) is 1.75. The molecule has 28 heavy (non-hydrogen) atoms. The van der Waals surface area contributed by atoms with E-state index < -0.39 is 5.60 Å². The van der Waals surface area contributed by atoms with Crippen LogP contribution in [0.4, 0.5) is 10.1 Å². The number of ether oxygens (including phenoxy) is 2. The Labute approximate surface area is 174 Å². The predicted molar refractivity (Wildman–Crippen MR) is 111 cm³/mol. The highest BCUT2D eigenvalue weighted by Crippen LogP contribution is 2.41. The quantitative estimate of drug-likeness (QED) is 0.434. The van der Waals surface area contributed by atoms with Gasteiger partial charge in [-0.05, 0) is 49.2 Å². The first kappa shape index (κ1) is 21.1. The summed E-state index contributed by atoms with van der Waals surface area (Å²) in [5.41, 5.74) is 2.25. The van der Waals surface area contributed by atoms with Crippen molar-refractivity contribution in [3.8, 4) is 0 Å². The van der Waals surface area contributed by atoms with Crippen LogP contribution in [-0.2, 0) is 21.7 Å². The topological polar surface area (TPSA) is 34.1 Å². The molecule has 0 unspecified atom stereocenters. The van der Waals surface area contributed by atoms with E-state index in [4.69, 9.17) is 32.7 Å². The summed E-state index contributed by atoms with van der Waals surface area (Å²) in [6.45, 7) is 5.67. The van der Waals surface area contributed by atoms with E-state index in [0.29, 0.717) is 34.5 Å². The SMILES string of the molecule is CCN(C)C=Nc1cc(C)c(C2(OCc3c(F)cccc3Cl)COC2)cc1Cl. The minimum absolute atomic E-state index is 0.0487. The van der Waals surface area contributed by atoms with Gasteiger partial charge >= 0.3 is 0 Å². The van der Waals surface area contributed by atoms with E-state index in [1.54, 1.807) is 18.5 Å². The molecule has 0 aromatic heterocycles. The molecule has 1 heterocycles. The smallest absolute Gasteiger partial charge is 0.140 e. The average Bonchev–Trinajstić information content (AvgIpc) is 2.63. The molecular formula is C21H23Cl2FN2O2. The van der Waals surface area contributed by atoms with Gasteiger partial charge in [-0.25, -0.2) is 9.38 Å². The molecular weight excluding hydrogens is 402 g/mol. The van der Waals surface area contributed by atoms with Gasteiger partial charge in [-0.15, -0.1) is 0 Å². The second-order valence-electron chi connectivity index (χ2n) is 6.91. The van der Waals surface area contributed by atoms with Gasteiger partial charge in [-0.1, -0.05) is 29.3 Å². The van der Waals surface area contributed by atoms with Gasteiger partial charge in [0.25, 0.3) is 0 Å². The lowest BCUT2D eigenvalue weighted by Crippen LogP contribution is -2.49. The van der Waals surface area contributed by atoms with Crippen LogP contribution in [-0.4, -0.2) is 38.0 Å². The molecule has 1 saturated heterocycles. The second-order valence-corrected chi connectivity index (χ2v) is 7.73. The van der Waals surface area contributed by atoms with Gasteiger partial charge in [0.1, 0.15) is 11.4 Å². The molecule has 150 valence electrons. The zero-order valence-electron chi connectivity index (χ0n) is 16.1. The average molecular weight is 425 g/mol. The molecule has 4 nitrogen and oxygen atoms in total. The first-order valence-corrected chi connectivity index (χ1v) is 9.81. The lowest BCUT2D eigenvalue weighted by molar-refractivity contribution is -0.223. The summed E-state index contributed by atoms with van der Waals surface area (Å²) >= 11 is 12.6. The number of hydrogen-bond donors (Lipinski definition) is 0. The number of nitrogens with zero attached hydrogens (tertiary/aromatic N) is 2. The van der Waals surface area contributed by atoms with E-state index in [0.717, 1.165) is 17.7 Å². The van der Waals surface area contributed by atoms with E-state index in [1.165, 1.54) is 6.07 Å². The maximum Gasteiger partial charge on any atom is 0.140 e. The van der Waals surface area contributed by atoms with Crippen molar-refractivity contribution in [3.63, 3.8) is 0 Å². The van der Waals surface area contributed by atoms with Crippen LogP contribution in [0.1, 0.15) is 23.6 Å². The van der Waals surface area contributed by atoms with E-state index in [2.05, 4.69) is 4.99 Å². The van der Waals surface area contributed by atoms with Crippen LogP contribution < -0.4 is 0 Å². The van der Waals surface area contributed by atoms with E-state index in [1.807, 2.05) is 37.9 Å². The Kier molecular flexibility index (Phi) is 6.61. The third-order valence-corrected chi connectivity index (χ3v) is 5.56. The summed E-state index contributed by atoms with van der Waals surface area (Å²) in [5, 5.41) is 0.870. The minimum Gasteiger partial charge on any atom is -0.375 e. The van der Waals surface area contributed by atoms with Crippen LogP contribution >= 0.6 is 23.2 Å². The number of benzene rings is 2. The molecule has 0 radical (unpaired) electrons. The normalized spacial score (nSPS) is 15.6. The van der Waals surface area contributed by atoms with Crippen molar-refractivity contribution in [2.45, 2.75) is 26.1 Å². The summed E-state index contributed by atoms with van der Waals surface area (Å²) < 4.78 is 25.7. The van der Waals surface area contributed by atoms with Crippen molar-refractivity contribution < 1.29 is 13.9 Å². The fourth-order valence-electron chi connectivity index (χ4n) is 2.98. The molecule has 2 aromatic rings. The Morgan fingerprint density at radius 2 is 2.04 bits per heavy atom. The van der Waals surface area contributed by atoms with Crippen LogP contribution in [0.2, 0.25) is 10.0 Å². The molecule has 1 aliphatic rings. The maximum atomic E-state index is 14.1. The molecule has 0 amide bonds. The molecule has 0 N–H and O–H groups in total. The Morgan fingerprint density at radius 1 is 1.29 bits per heavy atom. The van der Waals surface area contributed by atoms with Crippen molar-refractivity contribution in [2.75, 3.05) is 26.8 Å². The fraction of sp³-hybridized carbons (Fsp3) is 0.381. The highest BCUT2D eigenvalue weighted by Gasteiger charge is 2.43. The predicted octanol–water partition coefficient (Wildman–Crippen LogP) is 5.49. The zero-order valence-corrected chi connectivity index (χ0v) is 17.6. The molecule has 0 spiro atoms. The Bertz CT molecular complexity index is 865. The number of aliphatic imine (C=N–C) groups is 1. The lowest BCUT2D eigenvalue weighted by atomic mass is 9.88. The van der Waals surface area contributed by atoms with E-state index >= 15 is 0 Å². The van der Waals surface area contributed by atoms with E-state index in [9.17, 15) is 4.39 Å². The second kappa shape index (κ2) is 8.78. The zero-order chi connectivity index (χ0) is 20.3. The number of aryl methyl sites for hydroxylation is 1. The van der Waals surface area contributed by atoms with Crippen molar-refractivity contribution in [3.05, 3.63) is 62.9 Å². The largest absolute Gasteiger partial charge is 0.375 e. The van der Waals surface area contributed by atoms with Gasteiger partial charge in [0.15, 0.2) is 0 Å². The summed E-state index contributed by atoms with van der Waals surface area (Å²) in [6, 6.07) is 8.38. The summed E-state index contributed by atoms with van der Waals surface area (Å²) in [7, 11) is 1.95. The highest BCUT2D eigenvalue weighted by molar-refractivity contribution is 6.33. The van der Waals surface area contributed by atoms with E-state index in [-0.39, 0.29) is 12.4 Å². The van der Waals surface area contributed by atoms with Crippen LogP contribution in [0.3, 0.4) is 0 Å². The van der Waals surface area contributed by atoms with Gasteiger partial charge < -0.3 is 14.4 Å². The third-order valence-electron chi connectivity index (χ3n) is 4.90. The van der Waals surface area contributed by atoms with Crippen molar-refractivity contribution in [1.29, 1.82) is 0 Å². The van der Waals surface area contributed by atoms with Crippen molar-refractivity contribution in [1.82, 2.24) is 4.90 Å². The first-order chi connectivity index (χ1) is 13.4. The van der Waals surface area contributed by atoms with Crippen molar-refractivity contribution >= 4 is 35.2 Å². The monoisotopic (exact) mass is 424 g/mol. The molecule has 2 aromatic carbocycles. The van der Waals surface area contributed by atoms with Gasteiger partial charge in [0.2, 0.25) is 0 Å². The first-order valence-electron chi connectivity index (χ1n) is 9.06. The number of halogens is 3. The van der Waals surface area contributed by atoms with Crippen LogP contribution in [0.25, 0.3) is 0 Å². The van der Waals surface area contributed by atoms with Gasteiger partial charge in [-0.2, -0.15) is 0 Å². The molecule has 1 fully saturated rings. The number of rotatable bonds is 7. The molecule has 0 saturated carbocycles. The molecule has 0 aliphatic carbocycles. The molecule has 3 rings (SSSR count). The van der Waals surface area contributed by atoms with Gasteiger partial charge in [-0.3, -0.25) is 0 Å². The Morgan fingerprint density at radius 3 is 2.64 bits per heavy atom. The molecule has 0 atom stereocenters. The standard InChI is InChI=1S/C21H23Cl2FN2O2/c1-4-26(3)13-25-20-8-14(2)16(9-18(20)23)21(11-27-12-21)28-10-15-17(22)6-5-7-19(15)24/h5-9,13H,4,10-12H2,1-3H3. The summed E-state index contributed by atoms with van der Waals surface area (Å²) in [4.78, 5) is 6.41. The minimum atomic E-state index is -0.679. The van der Waals surface area contributed by atoms with Crippen LogP contribution in [0.15, 0.2) is 35.3 Å². The Hall–Kier alpha value is -1.66. The molecule has 0 bridgehead atoms. The fourth-order valence-corrected chi connectivity index (χ4v) is 3.41. The van der Waals surface area contributed by atoms with Crippen molar-refractivity contribution in [2.24, 2.45) is 4.99 Å². The molecule has 1 aliphatic heterocycles. The van der Waals surface area contributed by atoms with Crippen LogP contribution in [0.5, 0.6) is 0 Å². The lowest BCUT2D eigenvalue weighted by Gasteiger charge is -2.42. The Balaban J connectivity index is 1.86.